The Morgan fingerprint density at radius 3 is 3.00 bits per heavy atom. The summed E-state index contributed by atoms with van der Waals surface area (Å²) in [6, 6.07) is 4.66. The topological polar surface area (TPSA) is 37.8 Å². The zero-order valence-electron chi connectivity index (χ0n) is 10.7. The molecular formula is C14H17N3S. The summed E-state index contributed by atoms with van der Waals surface area (Å²) >= 11 is 1.76. The van der Waals surface area contributed by atoms with E-state index >= 15 is 0 Å². The molecule has 94 valence electrons. The molecule has 0 aromatic carbocycles. The Morgan fingerprint density at radius 1 is 1.39 bits per heavy atom. The average Bonchev–Trinajstić information content (AvgIpc) is 2.84. The summed E-state index contributed by atoms with van der Waals surface area (Å²) in [5.74, 6) is 0.878. The minimum absolute atomic E-state index is 0.424. The van der Waals surface area contributed by atoms with Crippen LogP contribution in [0.25, 0.3) is 10.7 Å². The molecule has 2 aromatic heterocycles. The first kappa shape index (κ1) is 11.8. The zero-order chi connectivity index (χ0) is 12.5. The van der Waals surface area contributed by atoms with Crippen molar-refractivity contribution in [2.45, 2.75) is 32.2 Å². The highest BCUT2D eigenvalue weighted by Gasteiger charge is 2.21. The fourth-order valence-corrected chi connectivity index (χ4v) is 3.33. The normalized spacial score (nSPS) is 18.7. The monoisotopic (exact) mass is 259 g/mol. The van der Waals surface area contributed by atoms with Gasteiger partial charge in [-0.15, -0.1) is 11.3 Å². The molecule has 3 rings (SSSR count). The molecule has 0 aliphatic heterocycles. The second-order valence-corrected chi connectivity index (χ2v) is 6.03. The lowest BCUT2D eigenvalue weighted by Crippen LogP contribution is -2.22. The molecule has 0 spiro atoms. The Morgan fingerprint density at radius 2 is 2.28 bits per heavy atom. The highest BCUT2D eigenvalue weighted by Crippen LogP contribution is 2.30. The van der Waals surface area contributed by atoms with Crippen LogP contribution >= 0.6 is 11.3 Å². The van der Waals surface area contributed by atoms with E-state index in [0.29, 0.717) is 6.04 Å². The van der Waals surface area contributed by atoms with E-state index in [4.69, 9.17) is 4.98 Å². The Labute approximate surface area is 111 Å². The second-order valence-electron chi connectivity index (χ2n) is 4.74. The van der Waals surface area contributed by atoms with Gasteiger partial charge in [-0.1, -0.05) is 0 Å². The molecule has 4 heteroatoms. The molecule has 1 aliphatic carbocycles. The molecule has 1 atom stereocenters. The van der Waals surface area contributed by atoms with Crippen molar-refractivity contribution in [1.29, 1.82) is 0 Å². The molecule has 3 nitrogen and oxygen atoms in total. The predicted molar refractivity (Wildman–Crippen MR) is 74.8 cm³/mol. The van der Waals surface area contributed by atoms with Gasteiger partial charge in [-0.2, -0.15) is 0 Å². The van der Waals surface area contributed by atoms with E-state index in [-0.39, 0.29) is 0 Å². The van der Waals surface area contributed by atoms with E-state index in [0.717, 1.165) is 12.2 Å². The summed E-state index contributed by atoms with van der Waals surface area (Å²) in [4.78, 5) is 11.8. The molecule has 1 unspecified atom stereocenters. The van der Waals surface area contributed by atoms with Gasteiger partial charge in [0.2, 0.25) is 0 Å². The smallest absolute Gasteiger partial charge is 0.169 e. The number of nitrogens with zero attached hydrogens (tertiary/aromatic N) is 2. The first-order chi connectivity index (χ1) is 8.78. The van der Waals surface area contributed by atoms with E-state index in [2.05, 4.69) is 29.4 Å². The zero-order valence-corrected chi connectivity index (χ0v) is 11.5. The standard InChI is InChI=1S/C14H17N3S/c1-9-6-7-13(18-9)14-16-8-10-11(15-2)4-3-5-12(10)17-14/h6-8,11,15H,3-5H2,1-2H3. The number of rotatable bonds is 2. The average molecular weight is 259 g/mol. The van der Waals surface area contributed by atoms with Crippen molar-refractivity contribution >= 4 is 11.3 Å². The third-order valence-electron chi connectivity index (χ3n) is 3.49. The molecule has 18 heavy (non-hydrogen) atoms. The summed E-state index contributed by atoms with van der Waals surface area (Å²) in [6.45, 7) is 2.11. The summed E-state index contributed by atoms with van der Waals surface area (Å²) < 4.78 is 0. The van der Waals surface area contributed by atoms with Crippen LogP contribution in [0.15, 0.2) is 18.3 Å². The Hall–Kier alpha value is -1.26. The molecule has 0 saturated heterocycles. The van der Waals surface area contributed by atoms with Crippen molar-refractivity contribution in [2.75, 3.05) is 7.05 Å². The lowest BCUT2D eigenvalue weighted by Gasteiger charge is -2.23. The number of aromatic nitrogens is 2. The highest BCUT2D eigenvalue weighted by molar-refractivity contribution is 7.15. The van der Waals surface area contributed by atoms with Gasteiger partial charge in [-0.25, -0.2) is 9.97 Å². The molecule has 1 N–H and O–H groups in total. The predicted octanol–water partition coefficient (Wildman–Crippen LogP) is 3.11. The first-order valence-corrected chi connectivity index (χ1v) is 7.19. The van der Waals surface area contributed by atoms with Crippen molar-refractivity contribution in [3.63, 3.8) is 0 Å². The minimum atomic E-state index is 0.424. The van der Waals surface area contributed by atoms with Crippen LogP contribution in [0, 0.1) is 6.92 Å². The molecule has 0 amide bonds. The Balaban J connectivity index is 2.00. The van der Waals surface area contributed by atoms with Crippen LogP contribution < -0.4 is 5.32 Å². The van der Waals surface area contributed by atoms with Crippen LogP contribution in [0.2, 0.25) is 0 Å². The van der Waals surface area contributed by atoms with Crippen LogP contribution in [0.5, 0.6) is 0 Å². The SMILES string of the molecule is CNC1CCCc2nc(-c3ccc(C)s3)ncc21. The van der Waals surface area contributed by atoms with Gasteiger partial charge in [0.1, 0.15) is 0 Å². The van der Waals surface area contributed by atoms with E-state index in [1.54, 1.807) is 11.3 Å². The molecule has 1 aliphatic rings. The molecular weight excluding hydrogens is 242 g/mol. The maximum Gasteiger partial charge on any atom is 0.169 e. The molecule has 0 fully saturated rings. The third-order valence-corrected chi connectivity index (χ3v) is 4.49. The number of fused-ring (bicyclic) bond motifs is 1. The quantitative estimate of drug-likeness (QED) is 0.900. The van der Waals surface area contributed by atoms with E-state index in [9.17, 15) is 0 Å². The van der Waals surface area contributed by atoms with E-state index < -0.39 is 0 Å². The number of thiophene rings is 1. The molecule has 0 bridgehead atoms. The van der Waals surface area contributed by atoms with E-state index in [1.165, 1.54) is 33.9 Å². The van der Waals surface area contributed by atoms with Crippen molar-refractivity contribution in [1.82, 2.24) is 15.3 Å². The van der Waals surface area contributed by atoms with Crippen LogP contribution in [0.1, 0.15) is 35.0 Å². The van der Waals surface area contributed by atoms with Gasteiger partial charge >= 0.3 is 0 Å². The maximum atomic E-state index is 4.75. The highest BCUT2D eigenvalue weighted by atomic mass is 32.1. The maximum absolute atomic E-state index is 4.75. The fourth-order valence-electron chi connectivity index (χ4n) is 2.52. The number of hydrogen-bond acceptors (Lipinski definition) is 4. The van der Waals surface area contributed by atoms with Crippen LogP contribution in [-0.2, 0) is 6.42 Å². The van der Waals surface area contributed by atoms with Crippen molar-refractivity contribution in [3.8, 4) is 10.7 Å². The van der Waals surface area contributed by atoms with Crippen LogP contribution in [0.4, 0.5) is 0 Å². The number of nitrogens with one attached hydrogen (secondary N) is 1. The lowest BCUT2D eigenvalue weighted by atomic mass is 9.92. The van der Waals surface area contributed by atoms with Gasteiger partial charge in [0.15, 0.2) is 5.82 Å². The second kappa shape index (κ2) is 4.78. The lowest BCUT2D eigenvalue weighted by molar-refractivity contribution is 0.488. The largest absolute Gasteiger partial charge is 0.313 e. The number of aryl methyl sites for hydroxylation is 2. The van der Waals surface area contributed by atoms with E-state index in [1.807, 2.05) is 13.2 Å². The van der Waals surface area contributed by atoms with Crippen molar-refractivity contribution < 1.29 is 0 Å². The van der Waals surface area contributed by atoms with Gasteiger partial charge in [0.05, 0.1) is 4.88 Å². The van der Waals surface area contributed by atoms with Gasteiger partial charge in [0.25, 0.3) is 0 Å². The Bertz CT molecular complexity index is 562. The Kier molecular flexibility index (Phi) is 3.14. The molecule has 0 radical (unpaired) electrons. The minimum Gasteiger partial charge on any atom is -0.313 e. The van der Waals surface area contributed by atoms with Crippen molar-refractivity contribution in [2.24, 2.45) is 0 Å². The molecule has 2 aromatic rings. The van der Waals surface area contributed by atoms with Crippen LogP contribution in [-0.4, -0.2) is 17.0 Å². The first-order valence-electron chi connectivity index (χ1n) is 6.38. The van der Waals surface area contributed by atoms with Gasteiger partial charge in [-0.05, 0) is 45.4 Å². The van der Waals surface area contributed by atoms with Crippen LogP contribution in [0.3, 0.4) is 0 Å². The van der Waals surface area contributed by atoms with Crippen molar-refractivity contribution in [3.05, 3.63) is 34.5 Å². The number of hydrogen-bond donors (Lipinski definition) is 1. The van der Waals surface area contributed by atoms with Gasteiger partial charge < -0.3 is 5.32 Å². The molecule has 2 heterocycles. The summed E-state index contributed by atoms with van der Waals surface area (Å²) in [7, 11) is 2.01. The third kappa shape index (κ3) is 2.06. The van der Waals surface area contributed by atoms with Gasteiger partial charge in [0, 0.05) is 28.4 Å². The summed E-state index contributed by atoms with van der Waals surface area (Å²) in [5.41, 5.74) is 2.50. The summed E-state index contributed by atoms with van der Waals surface area (Å²) in [5, 5.41) is 3.35. The summed E-state index contributed by atoms with van der Waals surface area (Å²) in [6.07, 6.45) is 5.48. The van der Waals surface area contributed by atoms with Gasteiger partial charge in [-0.3, -0.25) is 0 Å². The molecule has 0 saturated carbocycles. The fraction of sp³-hybridized carbons (Fsp3) is 0.429.